The minimum atomic E-state index is -0.761. The number of imide groups is 1. The smallest absolute Gasteiger partial charge is 0.325 e. The average molecular weight is 385 g/mol. The number of amides is 4. The highest BCUT2D eigenvalue weighted by Gasteiger charge is 2.52. The van der Waals surface area contributed by atoms with E-state index in [0.717, 1.165) is 29.8 Å². The van der Waals surface area contributed by atoms with Gasteiger partial charge in [-0.15, -0.1) is 0 Å². The second-order valence-electron chi connectivity index (χ2n) is 8.29. The second kappa shape index (κ2) is 7.91. The first kappa shape index (κ1) is 18.9. The summed E-state index contributed by atoms with van der Waals surface area (Å²) in [5.74, 6) is -0.551. The average Bonchev–Trinajstić information content (AvgIpc) is 3.41. The molecule has 0 unspecified atom stereocenters. The molecule has 3 N–H and O–H groups in total. The van der Waals surface area contributed by atoms with Gasteiger partial charge in [0, 0.05) is 24.9 Å². The second-order valence-corrected chi connectivity index (χ2v) is 8.29. The zero-order valence-corrected chi connectivity index (χ0v) is 16.3. The summed E-state index contributed by atoms with van der Waals surface area (Å²) in [6.07, 6.45) is 5.76. The number of likely N-dealkylation sites (tertiary alicyclic amines) is 1. The Labute approximate surface area is 165 Å². The summed E-state index contributed by atoms with van der Waals surface area (Å²) in [6, 6.07) is 7.72. The predicted octanol–water partition coefficient (Wildman–Crippen LogP) is 0.346. The molecule has 4 rings (SSSR count). The quantitative estimate of drug-likeness (QED) is 0.618. The van der Waals surface area contributed by atoms with Gasteiger partial charge in [0.1, 0.15) is 18.6 Å². The number of rotatable bonds is 6. The van der Waals surface area contributed by atoms with E-state index in [4.69, 9.17) is 0 Å². The first-order valence-corrected chi connectivity index (χ1v) is 10.4. The number of hydrogen-bond acceptors (Lipinski definition) is 3. The third-order valence-electron chi connectivity index (χ3n) is 6.35. The lowest BCUT2D eigenvalue weighted by molar-refractivity contribution is -0.901. The molecule has 2 aliphatic heterocycles. The van der Waals surface area contributed by atoms with Crippen LogP contribution in [0.1, 0.15) is 49.7 Å². The maximum atomic E-state index is 12.7. The molecular formula is C21H29N4O3+. The van der Waals surface area contributed by atoms with Gasteiger partial charge in [-0.05, 0) is 18.4 Å². The minimum Gasteiger partial charge on any atom is -0.350 e. The molecule has 0 atom stereocenters. The number of carbonyl (C=O) groups is 3. The molecule has 0 bridgehead atoms. The Hall–Kier alpha value is -2.41. The summed E-state index contributed by atoms with van der Waals surface area (Å²) in [5, 5.41) is 5.70. The standard InChI is InChI=1S/C21H28N4O3/c26-18(15-25-19(27)21(23-20(25)28)9-3-4-10-21)22-13-16-7-1-2-8-17(16)14-24-11-5-6-12-24/h1-2,7-8H,3-6,9-15H2,(H,22,26)(H,23,28)/p+1. The molecule has 7 heteroatoms. The minimum absolute atomic E-state index is 0.216. The zero-order valence-electron chi connectivity index (χ0n) is 16.3. The van der Waals surface area contributed by atoms with Crippen molar-refractivity contribution in [3.63, 3.8) is 0 Å². The van der Waals surface area contributed by atoms with Crippen LogP contribution in [0.4, 0.5) is 4.79 Å². The molecule has 0 radical (unpaired) electrons. The van der Waals surface area contributed by atoms with Crippen molar-refractivity contribution in [1.82, 2.24) is 15.5 Å². The van der Waals surface area contributed by atoms with E-state index >= 15 is 0 Å². The first-order chi connectivity index (χ1) is 13.6. The van der Waals surface area contributed by atoms with E-state index in [9.17, 15) is 14.4 Å². The number of carbonyl (C=O) groups excluding carboxylic acids is 3. The van der Waals surface area contributed by atoms with Gasteiger partial charge in [0.25, 0.3) is 5.91 Å². The SMILES string of the molecule is O=C(CN1C(=O)NC2(CCCC2)C1=O)NCc1ccccc1C[NH+]1CCCC1. The maximum absolute atomic E-state index is 12.7. The van der Waals surface area contributed by atoms with Gasteiger partial charge in [0.15, 0.2) is 0 Å². The van der Waals surface area contributed by atoms with Crippen molar-refractivity contribution in [2.75, 3.05) is 19.6 Å². The van der Waals surface area contributed by atoms with Crippen molar-refractivity contribution in [3.8, 4) is 0 Å². The van der Waals surface area contributed by atoms with E-state index in [1.54, 1.807) is 4.90 Å². The van der Waals surface area contributed by atoms with Crippen LogP contribution in [0.5, 0.6) is 0 Å². The van der Waals surface area contributed by atoms with Crippen LogP contribution in [0.25, 0.3) is 0 Å². The number of urea groups is 1. The largest absolute Gasteiger partial charge is 0.350 e. The fraction of sp³-hybridized carbons (Fsp3) is 0.571. The fourth-order valence-corrected chi connectivity index (χ4v) is 4.75. The molecule has 28 heavy (non-hydrogen) atoms. The highest BCUT2D eigenvalue weighted by atomic mass is 16.2. The van der Waals surface area contributed by atoms with Crippen molar-refractivity contribution >= 4 is 17.8 Å². The molecule has 1 aromatic rings. The lowest BCUT2D eigenvalue weighted by Crippen LogP contribution is -3.08. The lowest BCUT2D eigenvalue weighted by atomic mass is 9.98. The third-order valence-corrected chi connectivity index (χ3v) is 6.35. The molecule has 2 saturated heterocycles. The summed E-state index contributed by atoms with van der Waals surface area (Å²) in [5.41, 5.74) is 1.59. The Balaban J connectivity index is 1.34. The molecular weight excluding hydrogens is 356 g/mol. The number of benzene rings is 1. The van der Waals surface area contributed by atoms with Gasteiger partial charge >= 0.3 is 6.03 Å². The maximum Gasteiger partial charge on any atom is 0.325 e. The Morgan fingerprint density at radius 2 is 1.75 bits per heavy atom. The van der Waals surface area contributed by atoms with E-state index < -0.39 is 11.6 Å². The predicted molar refractivity (Wildman–Crippen MR) is 103 cm³/mol. The van der Waals surface area contributed by atoms with E-state index in [2.05, 4.69) is 16.7 Å². The highest BCUT2D eigenvalue weighted by Crippen LogP contribution is 2.34. The topological polar surface area (TPSA) is 83.0 Å². The normalized spacial score (nSPS) is 21.5. The van der Waals surface area contributed by atoms with E-state index in [1.165, 1.54) is 31.5 Å². The molecule has 7 nitrogen and oxygen atoms in total. The summed E-state index contributed by atoms with van der Waals surface area (Å²) in [4.78, 5) is 40.0. The van der Waals surface area contributed by atoms with Crippen LogP contribution >= 0.6 is 0 Å². The number of hydrogen-bond donors (Lipinski definition) is 3. The molecule has 3 fully saturated rings. The van der Waals surface area contributed by atoms with Gasteiger partial charge in [0.05, 0.1) is 13.1 Å². The van der Waals surface area contributed by atoms with E-state index in [-0.39, 0.29) is 18.4 Å². The Morgan fingerprint density at radius 3 is 2.46 bits per heavy atom. The zero-order chi connectivity index (χ0) is 19.6. The van der Waals surface area contributed by atoms with Gasteiger partial charge < -0.3 is 15.5 Å². The number of nitrogens with one attached hydrogen (secondary N) is 3. The fourth-order valence-electron chi connectivity index (χ4n) is 4.75. The van der Waals surface area contributed by atoms with Crippen LogP contribution in [0.3, 0.4) is 0 Å². The van der Waals surface area contributed by atoms with Crippen LogP contribution in [0, 0.1) is 0 Å². The van der Waals surface area contributed by atoms with Gasteiger partial charge in [-0.1, -0.05) is 37.1 Å². The van der Waals surface area contributed by atoms with Crippen LogP contribution in [-0.4, -0.2) is 47.9 Å². The van der Waals surface area contributed by atoms with Crippen molar-refractivity contribution < 1.29 is 19.3 Å². The molecule has 1 aromatic carbocycles. The molecule has 3 aliphatic rings. The van der Waals surface area contributed by atoms with Gasteiger partial charge in [-0.2, -0.15) is 0 Å². The summed E-state index contributed by atoms with van der Waals surface area (Å²) in [6.45, 7) is 3.58. The van der Waals surface area contributed by atoms with Gasteiger partial charge in [-0.3, -0.25) is 14.5 Å². The van der Waals surface area contributed by atoms with E-state index in [0.29, 0.717) is 19.4 Å². The molecule has 150 valence electrons. The molecule has 2 heterocycles. The highest BCUT2D eigenvalue weighted by molar-refractivity contribution is 6.09. The molecule has 1 saturated carbocycles. The summed E-state index contributed by atoms with van der Waals surface area (Å²) < 4.78 is 0. The molecule has 1 spiro atoms. The van der Waals surface area contributed by atoms with Crippen molar-refractivity contribution in [3.05, 3.63) is 35.4 Å². The van der Waals surface area contributed by atoms with Crippen LogP contribution in [-0.2, 0) is 22.7 Å². The van der Waals surface area contributed by atoms with Crippen LogP contribution in [0.15, 0.2) is 24.3 Å². The summed E-state index contributed by atoms with van der Waals surface area (Å²) >= 11 is 0. The van der Waals surface area contributed by atoms with E-state index in [1.807, 2.05) is 18.2 Å². The van der Waals surface area contributed by atoms with Crippen molar-refractivity contribution in [2.24, 2.45) is 0 Å². The van der Waals surface area contributed by atoms with Crippen molar-refractivity contribution in [1.29, 1.82) is 0 Å². The Bertz CT molecular complexity index is 767. The van der Waals surface area contributed by atoms with Gasteiger partial charge in [-0.25, -0.2) is 4.79 Å². The molecule has 1 aliphatic carbocycles. The molecule has 0 aromatic heterocycles. The van der Waals surface area contributed by atoms with Crippen LogP contribution in [0.2, 0.25) is 0 Å². The van der Waals surface area contributed by atoms with Crippen molar-refractivity contribution in [2.45, 2.75) is 57.2 Å². The molecule has 4 amide bonds. The monoisotopic (exact) mass is 385 g/mol. The first-order valence-electron chi connectivity index (χ1n) is 10.4. The number of quaternary nitrogens is 1. The lowest BCUT2D eigenvalue weighted by Gasteiger charge is -2.20. The number of nitrogens with zero attached hydrogens (tertiary/aromatic N) is 1. The Kier molecular flexibility index (Phi) is 5.35. The third kappa shape index (κ3) is 3.76. The van der Waals surface area contributed by atoms with Crippen LogP contribution < -0.4 is 15.5 Å². The van der Waals surface area contributed by atoms with Gasteiger partial charge in [0.2, 0.25) is 5.91 Å². The summed E-state index contributed by atoms with van der Waals surface area (Å²) in [7, 11) is 0. The Morgan fingerprint density at radius 1 is 1.07 bits per heavy atom.